The Morgan fingerprint density at radius 1 is 1.09 bits per heavy atom. The van der Waals surface area contributed by atoms with Crippen LogP contribution in [0.1, 0.15) is 45.0 Å². The number of hydrogen-bond donors (Lipinski definition) is 1. The minimum atomic E-state index is -0.897. The lowest BCUT2D eigenvalue weighted by Crippen LogP contribution is -2.29. The molecule has 0 radical (unpaired) electrons. The highest BCUT2D eigenvalue weighted by Gasteiger charge is 2.48. The maximum absolute atomic E-state index is 13.2. The maximum atomic E-state index is 13.2. The molecule has 33 heavy (non-hydrogen) atoms. The number of ether oxygens (including phenoxy) is 1. The van der Waals surface area contributed by atoms with E-state index in [1.165, 1.54) is 4.90 Å². The van der Waals surface area contributed by atoms with E-state index in [2.05, 4.69) is 4.98 Å². The van der Waals surface area contributed by atoms with E-state index in [0.29, 0.717) is 16.8 Å². The van der Waals surface area contributed by atoms with Gasteiger partial charge in [-0.15, -0.1) is 0 Å². The fourth-order valence-electron chi connectivity index (χ4n) is 3.72. The minimum absolute atomic E-state index is 0.0272. The van der Waals surface area contributed by atoms with Crippen LogP contribution in [0.2, 0.25) is 0 Å². The molecule has 1 saturated heterocycles. The predicted molar refractivity (Wildman–Crippen MR) is 125 cm³/mol. The van der Waals surface area contributed by atoms with Crippen molar-refractivity contribution in [3.05, 3.63) is 87.4 Å². The molecule has 3 aromatic rings. The van der Waals surface area contributed by atoms with Gasteiger partial charge in [-0.1, -0.05) is 71.5 Å². The fourth-order valence-corrected chi connectivity index (χ4v) is 4.70. The topological polar surface area (TPSA) is 96.8 Å². The normalized spacial score (nSPS) is 17.4. The van der Waals surface area contributed by atoms with Crippen molar-refractivity contribution in [2.24, 2.45) is 0 Å². The smallest absolute Gasteiger partial charge is 0.350 e. The number of amides is 1. The minimum Gasteiger partial charge on any atom is -0.507 e. The highest BCUT2D eigenvalue weighted by Crippen LogP contribution is 2.43. The summed E-state index contributed by atoms with van der Waals surface area (Å²) in [6, 6.07) is 15.1. The van der Waals surface area contributed by atoms with Crippen LogP contribution >= 0.6 is 11.3 Å². The Labute approximate surface area is 195 Å². The van der Waals surface area contributed by atoms with Gasteiger partial charge in [0.15, 0.2) is 5.13 Å². The van der Waals surface area contributed by atoms with Crippen molar-refractivity contribution in [2.45, 2.75) is 26.8 Å². The van der Waals surface area contributed by atoms with Crippen molar-refractivity contribution >= 4 is 39.9 Å². The highest BCUT2D eigenvalue weighted by molar-refractivity contribution is 7.17. The van der Waals surface area contributed by atoms with Crippen LogP contribution in [0.3, 0.4) is 0 Å². The third kappa shape index (κ3) is 4.05. The average molecular weight is 463 g/mol. The Balaban J connectivity index is 1.90. The van der Waals surface area contributed by atoms with Gasteiger partial charge in [-0.2, -0.15) is 0 Å². The first-order valence-electron chi connectivity index (χ1n) is 10.4. The molecule has 1 amide bonds. The molecule has 1 fully saturated rings. The number of aromatic nitrogens is 1. The number of carbonyl (C=O) groups is 3. The molecule has 1 atom stereocenters. The first kappa shape index (κ1) is 22.4. The number of Topliss-reactive ketones (excluding diaryl/α,β-unsaturated/α-hetero) is 1. The Hall–Kier alpha value is -3.78. The lowest BCUT2D eigenvalue weighted by Gasteiger charge is -2.23. The summed E-state index contributed by atoms with van der Waals surface area (Å²) in [4.78, 5) is 44.6. The van der Waals surface area contributed by atoms with Gasteiger partial charge in [-0.05, 0) is 26.3 Å². The third-order valence-corrected chi connectivity index (χ3v) is 6.47. The summed E-state index contributed by atoms with van der Waals surface area (Å²) in [5.41, 5.74) is 2.45. The average Bonchev–Trinajstić information content (AvgIpc) is 3.32. The molecule has 1 aliphatic rings. The van der Waals surface area contributed by atoms with Crippen molar-refractivity contribution in [1.29, 1.82) is 0 Å². The second kappa shape index (κ2) is 8.99. The van der Waals surface area contributed by atoms with E-state index < -0.39 is 23.7 Å². The van der Waals surface area contributed by atoms with Gasteiger partial charge in [0.25, 0.3) is 5.78 Å². The van der Waals surface area contributed by atoms with Crippen LogP contribution in [0, 0.1) is 13.8 Å². The molecule has 0 unspecified atom stereocenters. The number of aryl methyl sites for hydroxylation is 2. The van der Waals surface area contributed by atoms with Gasteiger partial charge in [-0.3, -0.25) is 14.5 Å². The van der Waals surface area contributed by atoms with E-state index in [0.717, 1.165) is 16.9 Å². The van der Waals surface area contributed by atoms with Crippen molar-refractivity contribution in [2.75, 3.05) is 11.5 Å². The predicted octanol–water partition coefficient (Wildman–Crippen LogP) is 4.56. The van der Waals surface area contributed by atoms with Crippen molar-refractivity contribution in [3.8, 4) is 0 Å². The number of anilines is 1. The van der Waals surface area contributed by atoms with Gasteiger partial charge in [0.1, 0.15) is 10.6 Å². The summed E-state index contributed by atoms with van der Waals surface area (Å²) in [6.45, 7) is 5.49. The Bertz CT molecular complexity index is 1260. The zero-order chi connectivity index (χ0) is 23.7. The second-order valence-corrected chi connectivity index (χ2v) is 8.55. The molecule has 1 aliphatic heterocycles. The van der Waals surface area contributed by atoms with Crippen molar-refractivity contribution < 1.29 is 24.2 Å². The lowest BCUT2D eigenvalue weighted by atomic mass is 9.95. The van der Waals surface area contributed by atoms with E-state index in [1.807, 2.05) is 31.2 Å². The fraction of sp³-hybridized carbons (Fsp3) is 0.200. The van der Waals surface area contributed by atoms with Crippen LogP contribution < -0.4 is 4.90 Å². The number of aliphatic hydroxyl groups is 1. The Morgan fingerprint density at radius 3 is 2.39 bits per heavy atom. The standard InChI is InChI=1S/C25H22N2O5S/c1-4-32-24(31)22-15(3)26-25(33-22)27-19(16-12-10-14(2)11-13-16)18(21(29)23(27)30)20(28)17-8-6-5-7-9-17/h5-13,19,28H,4H2,1-3H3/t19-/m1/s1. The molecule has 0 saturated carbocycles. The molecule has 168 valence electrons. The van der Waals surface area contributed by atoms with Crippen LogP contribution in [0.25, 0.3) is 5.76 Å². The molecule has 8 heteroatoms. The number of aliphatic hydroxyl groups excluding tert-OH is 1. The van der Waals surface area contributed by atoms with Gasteiger partial charge in [0.2, 0.25) is 0 Å². The summed E-state index contributed by atoms with van der Waals surface area (Å²) < 4.78 is 5.09. The van der Waals surface area contributed by atoms with E-state index >= 15 is 0 Å². The largest absolute Gasteiger partial charge is 0.507 e. The van der Waals surface area contributed by atoms with Gasteiger partial charge in [0.05, 0.1) is 23.9 Å². The van der Waals surface area contributed by atoms with Gasteiger partial charge >= 0.3 is 11.9 Å². The lowest BCUT2D eigenvalue weighted by molar-refractivity contribution is -0.132. The maximum Gasteiger partial charge on any atom is 0.350 e. The van der Waals surface area contributed by atoms with Crippen LogP contribution in [-0.2, 0) is 14.3 Å². The number of rotatable bonds is 5. The van der Waals surface area contributed by atoms with E-state index in [1.54, 1.807) is 44.2 Å². The molecule has 0 spiro atoms. The summed E-state index contributed by atoms with van der Waals surface area (Å²) in [5.74, 6) is -2.43. The van der Waals surface area contributed by atoms with Crippen LogP contribution in [0.15, 0.2) is 60.2 Å². The SMILES string of the molecule is CCOC(=O)c1sc(N2C(=O)C(=O)C(=C(O)c3ccccc3)[C@H]2c2ccc(C)cc2)nc1C. The Morgan fingerprint density at radius 2 is 1.76 bits per heavy atom. The number of esters is 1. The first-order valence-corrected chi connectivity index (χ1v) is 11.2. The molecule has 0 aliphatic carbocycles. The third-order valence-electron chi connectivity index (χ3n) is 5.34. The van der Waals surface area contributed by atoms with Crippen LogP contribution in [-0.4, -0.2) is 34.4 Å². The number of carbonyl (C=O) groups excluding carboxylic acids is 3. The summed E-state index contributed by atoms with van der Waals surface area (Å²) >= 11 is 0.985. The van der Waals surface area contributed by atoms with Crippen LogP contribution in [0.4, 0.5) is 5.13 Å². The Kier molecular flexibility index (Phi) is 6.11. The number of thiazole rings is 1. The first-order chi connectivity index (χ1) is 15.8. The molecular weight excluding hydrogens is 440 g/mol. The van der Waals surface area contributed by atoms with Gasteiger partial charge in [-0.25, -0.2) is 9.78 Å². The van der Waals surface area contributed by atoms with E-state index in [9.17, 15) is 19.5 Å². The molecule has 1 N–H and O–H groups in total. The summed E-state index contributed by atoms with van der Waals surface area (Å²) in [5, 5.41) is 11.3. The molecule has 0 bridgehead atoms. The van der Waals surface area contributed by atoms with Crippen molar-refractivity contribution in [3.63, 3.8) is 0 Å². The molecule has 2 aromatic carbocycles. The molecule has 1 aromatic heterocycles. The number of ketones is 1. The second-order valence-electron chi connectivity index (χ2n) is 7.58. The number of hydrogen-bond acceptors (Lipinski definition) is 7. The van der Waals surface area contributed by atoms with Crippen molar-refractivity contribution in [1.82, 2.24) is 4.98 Å². The summed E-state index contributed by atoms with van der Waals surface area (Å²) in [7, 11) is 0. The van der Waals surface area contributed by atoms with Crippen LogP contribution in [0.5, 0.6) is 0 Å². The molecule has 7 nitrogen and oxygen atoms in total. The molecule has 4 rings (SSSR count). The number of benzene rings is 2. The summed E-state index contributed by atoms with van der Waals surface area (Å²) in [6.07, 6.45) is 0. The molecular formula is C25H22N2O5S. The highest BCUT2D eigenvalue weighted by atomic mass is 32.1. The zero-order valence-electron chi connectivity index (χ0n) is 18.4. The van der Waals surface area contributed by atoms with E-state index in [4.69, 9.17) is 4.74 Å². The zero-order valence-corrected chi connectivity index (χ0v) is 19.2. The van der Waals surface area contributed by atoms with Gasteiger partial charge in [0, 0.05) is 5.56 Å². The van der Waals surface area contributed by atoms with E-state index in [-0.39, 0.29) is 27.9 Å². The van der Waals surface area contributed by atoms with Gasteiger partial charge < -0.3 is 9.84 Å². The number of nitrogens with zero attached hydrogens (tertiary/aromatic N) is 2. The molecule has 2 heterocycles. The monoisotopic (exact) mass is 462 g/mol. The quantitative estimate of drug-likeness (QED) is 0.258.